The van der Waals surface area contributed by atoms with Crippen LogP contribution in [0.4, 0.5) is 5.69 Å². The molecule has 5 rings (SSSR count). The zero-order valence-corrected chi connectivity index (χ0v) is 23.2. The lowest BCUT2D eigenvalue weighted by Gasteiger charge is -2.42. The topological polar surface area (TPSA) is 137 Å². The van der Waals surface area contributed by atoms with E-state index in [0.29, 0.717) is 39.6 Å². The van der Waals surface area contributed by atoms with Gasteiger partial charge in [-0.2, -0.15) is 0 Å². The molecule has 2 aromatic carbocycles. The molecule has 2 amide bonds. The lowest BCUT2D eigenvalue weighted by atomic mass is 9.54. The molecule has 9 nitrogen and oxygen atoms in total. The predicted molar refractivity (Wildman–Crippen MR) is 150 cm³/mol. The maximum atomic E-state index is 13.9. The molecule has 2 heterocycles. The standard InChI is InChI=1S/C26H28B2INO8/c1-3-5-13-8-18-22(26(33)30(25(18)32)16-7-4-6-15(11-16)27(34)35)17-12-20(38-28(36)23(13)17)14-9-19(29)24(31)21(10-14)37-2/h4,6-7,9-11,17-18,20,22,31,34-36H,3,5,8,12H2,1-2H3/t17-,18-,20-,22+/m0/s1. The van der Waals surface area contributed by atoms with Crippen LogP contribution in [-0.2, 0) is 14.2 Å². The molecule has 1 aliphatic carbocycles. The van der Waals surface area contributed by atoms with Crippen LogP contribution >= 0.6 is 22.6 Å². The van der Waals surface area contributed by atoms with E-state index in [4.69, 9.17) is 9.39 Å². The van der Waals surface area contributed by atoms with Crippen LogP contribution in [0.3, 0.4) is 0 Å². The van der Waals surface area contributed by atoms with Gasteiger partial charge in [-0.15, -0.1) is 0 Å². The molecule has 0 unspecified atom stereocenters. The Bertz CT molecular complexity index is 1320. The summed E-state index contributed by atoms with van der Waals surface area (Å²) in [5, 5.41) is 40.7. The largest absolute Gasteiger partial charge is 0.504 e. The molecule has 12 heteroatoms. The minimum atomic E-state index is -1.73. The second kappa shape index (κ2) is 10.6. The lowest BCUT2D eigenvalue weighted by Crippen LogP contribution is -2.45. The van der Waals surface area contributed by atoms with Crippen LogP contribution in [0.15, 0.2) is 47.4 Å². The number of halogens is 1. The summed E-state index contributed by atoms with van der Waals surface area (Å²) in [5.41, 5.74) is 2.80. The van der Waals surface area contributed by atoms with Crippen molar-refractivity contribution in [2.24, 2.45) is 17.8 Å². The van der Waals surface area contributed by atoms with Gasteiger partial charge in [-0.3, -0.25) is 14.5 Å². The van der Waals surface area contributed by atoms with E-state index in [9.17, 15) is 29.8 Å². The number of methoxy groups -OCH3 is 1. The quantitative estimate of drug-likeness (QED) is 0.216. The number of aromatic hydroxyl groups is 1. The molecule has 4 atom stereocenters. The Labute approximate surface area is 234 Å². The Morgan fingerprint density at radius 3 is 2.63 bits per heavy atom. The first-order chi connectivity index (χ1) is 18.2. The second-order valence-electron chi connectivity index (χ2n) is 10.00. The van der Waals surface area contributed by atoms with Gasteiger partial charge in [0.1, 0.15) is 0 Å². The van der Waals surface area contributed by atoms with Crippen molar-refractivity contribution in [1.82, 2.24) is 0 Å². The summed E-state index contributed by atoms with van der Waals surface area (Å²) in [5.74, 6) is -2.08. The van der Waals surface area contributed by atoms with Gasteiger partial charge in [0.25, 0.3) is 0 Å². The molecule has 0 radical (unpaired) electrons. The minimum Gasteiger partial charge on any atom is -0.504 e. The number of carbonyl (C=O) groups excluding carboxylic acids is 2. The normalized spacial score (nSPS) is 25.0. The van der Waals surface area contributed by atoms with Crippen molar-refractivity contribution < 1.29 is 39.2 Å². The summed E-state index contributed by atoms with van der Waals surface area (Å²) >= 11 is 2.00. The molecule has 0 bridgehead atoms. The molecule has 0 saturated carbocycles. The van der Waals surface area contributed by atoms with Crippen molar-refractivity contribution in [2.75, 3.05) is 12.0 Å². The molecule has 2 aromatic rings. The predicted octanol–water partition coefficient (Wildman–Crippen LogP) is 2.09. The first-order valence-corrected chi connectivity index (χ1v) is 13.7. The second-order valence-corrected chi connectivity index (χ2v) is 11.2. The minimum absolute atomic E-state index is 0.0131. The van der Waals surface area contributed by atoms with E-state index in [1.54, 1.807) is 24.3 Å². The number of ether oxygens (including phenoxy) is 1. The van der Waals surface area contributed by atoms with E-state index in [-0.39, 0.29) is 28.8 Å². The van der Waals surface area contributed by atoms with Gasteiger partial charge in [0.2, 0.25) is 11.8 Å². The Morgan fingerprint density at radius 2 is 1.95 bits per heavy atom. The highest BCUT2D eigenvalue weighted by Gasteiger charge is 2.58. The molecule has 2 saturated heterocycles. The SMILES string of the molecule is CCCC1=C2B(O)O[C@H](c3cc(I)c(O)c(OC)c3)C[C@H]2[C@H]2C(=O)N(c3cccc(B(O)O)c3)C(=O)[C@H]2C1. The van der Waals surface area contributed by atoms with E-state index in [1.165, 1.54) is 19.2 Å². The van der Waals surface area contributed by atoms with Crippen LogP contribution < -0.4 is 15.1 Å². The smallest absolute Gasteiger partial charge is 0.488 e. The lowest BCUT2D eigenvalue weighted by molar-refractivity contribution is -0.123. The summed E-state index contributed by atoms with van der Waals surface area (Å²) < 4.78 is 11.9. The number of rotatable bonds is 6. The van der Waals surface area contributed by atoms with Gasteiger partial charge >= 0.3 is 14.2 Å². The molecule has 0 aromatic heterocycles. The number of benzene rings is 2. The number of imide groups is 1. The van der Waals surface area contributed by atoms with Crippen molar-refractivity contribution in [3.8, 4) is 11.5 Å². The van der Waals surface area contributed by atoms with Gasteiger partial charge in [0.15, 0.2) is 11.5 Å². The number of hydrogen-bond donors (Lipinski definition) is 4. The zero-order chi connectivity index (χ0) is 27.3. The fourth-order valence-electron chi connectivity index (χ4n) is 6.18. The highest BCUT2D eigenvalue weighted by atomic mass is 127. The first-order valence-electron chi connectivity index (χ1n) is 12.6. The highest BCUT2D eigenvalue weighted by molar-refractivity contribution is 14.1. The number of amides is 2. The third-order valence-electron chi connectivity index (χ3n) is 7.83. The van der Waals surface area contributed by atoms with Crippen molar-refractivity contribution >= 4 is 59.8 Å². The number of allylic oxidation sites excluding steroid dienone is 2. The first kappa shape index (κ1) is 27.2. The number of anilines is 1. The van der Waals surface area contributed by atoms with E-state index in [0.717, 1.165) is 16.9 Å². The summed E-state index contributed by atoms with van der Waals surface area (Å²) in [6.07, 6.45) is 1.64. The monoisotopic (exact) mass is 631 g/mol. The number of fused-ring (bicyclic) bond motifs is 3. The number of carbonyl (C=O) groups is 2. The fraction of sp³-hybridized carbons (Fsp3) is 0.385. The molecule has 4 N–H and O–H groups in total. The van der Waals surface area contributed by atoms with Crippen molar-refractivity contribution in [3.63, 3.8) is 0 Å². The van der Waals surface area contributed by atoms with E-state index < -0.39 is 38.1 Å². The Balaban J connectivity index is 1.55. The molecule has 38 heavy (non-hydrogen) atoms. The molecule has 198 valence electrons. The molecular weight excluding hydrogens is 603 g/mol. The van der Waals surface area contributed by atoms with Gasteiger partial charge in [-0.1, -0.05) is 31.1 Å². The van der Waals surface area contributed by atoms with Crippen LogP contribution in [0, 0.1) is 21.3 Å². The summed E-state index contributed by atoms with van der Waals surface area (Å²) in [7, 11) is -1.51. The molecular formula is C26H28B2INO8. The maximum absolute atomic E-state index is 13.9. The molecule has 2 aliphatic heterocycles. The zero-order valence-electron chi connectivity index (χ0n) is 21.0. The maximum Gasteiger partial charge on any atom is 0.488 e. The third-order valence-corrected chi connectivity index (χ3v) is 8.65. The summed E-state index contributed by atoms with van der Waals surface area (Å²) in [6, 6.07) is 9.55. The number of phenols is 1. The summed E-state index contributed by atoms with van der Waals surface area (Å²) in [4.78, 5) is 28.7. The van der Waals surface area contributed by atoms with Gasteiger partial charge < -0.3 is 29.6 Å². The van der Waals surface area contributed by atoms with Crippen LogP contribution in [0.1, 0.15) is 44.3 Å². The number of nitrogens with zero attached hydrogens (tertiary/aromatic N) is 1. The van der Waals surface area contributed by atoms with Crippen molar-refractivity contribution in [3.05, 3.63) is 56.6 Å². The van der Waals surface area contributed by atoms with Gasteiger partial charge in [0.05, 0.1) is 34.3 Å². The third kappa shape index (κ3) is 4.56. The number of hydrogen-bond acceptors (Lipinski definition) is 8. The Morgan fingerprint density at radius 1 is 1.18 bits per heavy atom. The summed E-state index contributed by atoms with van der Waals surface area (Å²) in [6.45, 7) is 2.03. The average Bonchev–Trinajstić information content (AvgIpc) is 3.14. The van der Waals surface area contributed by atoms with E-state index in [2.05, 4.69) is 0 Å². The van der Waals surface area contributed by atoms with Crippen LogP contribution in [0.2, 0.25) is 0 Å². The highest BCUT2D eigenvalue weighted by Crippen LogP contribution is 2.53. The average molecular weight is 631 g/mol. The van der Waals surface area contributed by atoms with E-state index >= 15 is 0 Å². The molecule has 0 spiro atoms. The van der Waals surface area contributed by atoms with E-state index in [1.807, 2.05) is 29.5 Å². The van der Waals surface area contributed by atoms with Crippen LogP contribution in [-0.4, -0.2) is 53.3 Å². The fourth-order valence-corrected chi connectivity index (χ4v) is 6.80. The van der Waals surface area contributed by atoms with Gasteiger partial charge in [-0.25, -0.2) is 0 Å². The molecule has 3 aliphatic rings. The number of phenolic OH excluding ortho intramolecular Hbond substituents is 1. The van der Waals surface area contributed by atoms with Crippen molar-refractivity contribution in [1.29, 1.82) is 0 Å². The van der Waals surface area contributed by atoms with Crippen LogP contribution in [0.5, 0.6) is 11.5 Å². The Hall–Kier alpha value is -2.38. The van der Waals surface area contributed by atoms with Gasteiger partial charge in [0, 0.05) is 0 Å². The van der Waals surface area contributed by atoms with Gasteiger partial charge in [-0.05, 0) is 88.5 Å². The van der Waals surface area contributed by atoms with Crippen LogP contribution in [0.25, 0.3) is 0 Å². The Kier molecular flexibility index (Phi) is 7.62. The molecule has 2 fully saturated rings. The van der Waals surface area contributed by atoms with Crippen molar-refractivity contribution in [2.45, 2.75) is 38.7 Å².